The average Bonchev–Trinajstić information content (AvgIpc) is 3.33. The van der Waals surface area contributed by atoms with Crippen molar-refractivity contribution in [1.29, 1.82) is 0 Å². The van der Waals surface area contributed by atoms with Gasteiger partial charge in [0.15, 0.2) is 6.61 Å². The molecule has 3 heterocycles. The van der Waals surface area contributed by atoms with E-state index < -0.39 is 5.97 Å². The van der Waals surface area contributed by atoms with E-state index in [4.69, 9.17) is 4.74 Å². The van der Waals surface area contributed by atoms with Crippen LogP contribution in [0, 0.1) is 13.8 Å². The number of hydrogen-bond acceptors (Lipinski definition) is 6. The highest BCUT2D eigenvalue weighted by Gasteiger charge is 2.17. The molecule has 3 rings (SSSR count). The number of carbonyl (C=O) groups excluding carboxylic acids is 2. The molecule has 0 aromatic carbocycles. The smallest absolute Gasteiger partial charge is 0.312 e. The van der Waals surface area contributed by atoms with Crippen LogP contribution in [0.4, 0.5) is 0 Å². The molecule has 0 N–H and O–H groups in total. The third-order valence-electron chi connectivity index (χ3n) is 4.16. The highest BCUT2D eigenvalue weighted by molar-refractivity contribution is 7.20. The van der Waals surface area contributed by atoms with Gasteiger partial charge >= 0.3 is 5.97 Å². The zero-order valence-electron chi connectivity index (χ0n) is 14.9. The summed E-state index contributed by atoms with van der Waals surface area (Å²) in [6.07, 6.45) is 0.0726. The highest BCUT2D eigenvalue weighted by atomic mass is 32.1. The van der Waals surface area contributed by atoms with Crippen LogP contribution in [0.15, 0.2) is 29.0 Å². The van der Waals surface area contributed by atoms with Crippen LogP contribution in [0.1, 0.15) is 34.4 Å². The molecular formula is C19H20N2O3S2. The van der Waals surface area contributed by atoms with Gasteiger partial charge in [0, 0.05) is 28.9 Å². The Morgan fingerprint density at radius 2 is 2.08 bits per heavy atom. The van der Waals surface area contributed by atoms with Crippen LogP contribution in [-0.4, -0.2) is 27.9 Å². The van der Waals surface area contributed by atoms with Crippen molar-refractivity contribution in [2.75, 3.05) is 6.61 Å². The maximum atomic E-state index is 12.4. The van der Waals surface area contributed by atoms with Gasteiger partial charge in [-0.3, -0.25) is 9.59 Å². The number of rotatable bonds is 7. The first-order valence-electron chi connectivity index (χ1n) is 8.33. The molecule has 5 nitrogen and oxygen atoms in total. The van der Waals surface area contributed by atoms with E-state index in [0.29, 0.717) is 11.3 Å². The number of ether oxygens (including phenoxy) is 1. The third kappa shape index (κ3) is 3.94. The fraction of sp³-hybridized carbons (Fsp3) is 0.316. The molecular weight excluding hydrogens is 368 g/mol. The van der Waals surface area contributed by atoms with E-state index in [-0.39, 0.29) is 18.8 Å². The molecule has 3 aromatic heterocycles. The molecule has 0 saturated carbocycles. The van der Waals surface area contributed by atoms with E-state index in [2.05, 4.69) is 9.55 Å². The predicted molar refractivity (Wildman–Crippen MR) is 104 cm³/mol. The molecule has 0 fully saturated rings. The maximum Gasteiger partial charge on any atom is 0.312 e. The van der Waals surface area contributed by atoms with Gasteiger partial charge in [0.05, 0.1) is 17.0 Å². The normalized spacial score (nSPS) is 10.9. The lowest BCUT2D eigenvalue weighted by atomic mass is 10.1. The minimum absolute atomic E-state index is 0.0726. The molecule has 0 amide bonds. The van der Waals surface area contributed by atoms with Crippen molar-refractivity contribution in [3.8, 4) is 9.88 Å². The van der Waals surface area contributed by atoms with Crippen LogP contribution in [0.3, 0.4) is 0 Å². The van der Waals surface area contributed by atoms with Crippen molar-refractivity contribution < 1.29 is 14.3 Å². The van der Waals surface area contributed by atoms with Crippen LogP contribution >= 0.6 is 22.7 Å². The standard InChI is InChI=1S/C19H20N2O3S2/c1-4-21-12(2)8-15(13(21)3)16(22)10-24-18(23)9-14-11-26-19(20-14)17-6-5-7-25-17/h5-8,11H,4,9-10H2,1-3H3. The molecule has 26 heavy (non-hydrogen) atoms. The molecule has 136 valence electrons. The number of aryl methyl sites for hydroxylation is 1. The summed E-state index contributed by atoms with van der Waals surface area (Å²) in [5.41, 5.74) is 3.22. The molecule has 0 aliphatic heterocycles. The van der Waals surface area contributed by atoms with E-state index in [0.717, 1.165) is 27.8 Å². The number of ketones is 1. The minimum atomic E-state index is -0.439. The van der Waals surface area contributed by atoms with Gasteiger partial charge in [0.25, 0.3) is 0 Å². The van der Waals surface area contributed by atoms with Crippen LogP contribution in [0.5, 0.6) is 0 Å². The van der Waals surface area contributed by atoms with Gasteiger partial charge in [-0.05, 0) is 38.3 Å². The van der Waals surface area contributed by atoms with Gasteiger partial charge in [-0.2, -0.15) is 0 Å². The highest BCUT2D eigenvalue weighted by Crippen LogP contribution is 2.28. The van der Waals surface area contributed by atoms with E-state index in [1.807, 2.05) is 49.7 Å². The predicted octanol–water partition coefficient (Wildman–Crippen LogP) is 4.28. The van der Waals surface area contributed by atoms with Crippen LogP contribution < -0.4 is 0 Å². The van der Waals surface area contributed by atoms with Crippen molar-refractivity contribution in [2.24, 2.45) is 0 Å². The second-order valence-corrected chi connectivity index (χ2v) is 7.72. The van der Waals surface area contributed by atoms with Gasteiger partial charge in [0.2, 0.25) is 5.78 Å². The number of carbonyl (C=O) groups is 2. The number of aromatic nitrogens is 2. The third-order valence-corrected chi connectivity index (χ3v) is 6.09. The largest absolute Gasteiger partial charge is 0.457 e. The Balaban J connectivity index is 1.57. The van der Waals surface area contributed by atoms with Crippen LogP contribution in [0.2, 0.25) is 0 Å². The van der Waals surface area contributed by atoms with Gasteiger partial charge in [-0.1, -0.05) is 6.07 Å². The van der Waals surface area contributed by atoms with Crippen molar-refractivity contribution >= 4 is 34.4 Å². The minimum Gasteiger partial charge on any atom is -0.457 e. The average molecular weight is 389 g/mol. The van der Waals surface area contributed by atoms with Crippen molar-refractivity contribution in [2.45, 2.75) is 33.7 Å². The molecule has 0 bridgehead atoms. The first kappa shape index (κ1) is 18.5. The molecule has 3 aromatic rings. The summed E-state index contributed by atoms with van der Waals surface area (Å²) >= 11 is 3.11. The van der Waals surface area contributed by atoms with Gasteiger partial charge in [0.1, 0.15) is 5.01 Å². The molecule has 7 heteroatoms. The van der Waals surface area contributed by atoms with Gasteiger partial charge < -0.3 is 9.30 Å². The summed E-state index contributed by atoms with van der Waals surface area (Å²) in [4.78, 5) is 29.9. The van der Waals surface area contributed by atoms with Gasteiger partial charge in [-0.15, -0.1) is 22.7 Å². The Morgan fingerprint density at radius 1 is 1.27 bits per heavy atom. The quantitative estimate of drug-likeness (QED) is 0.448. The lowest BCUT2D eigenvalue weighted by Crippen LogP contribution is -2.16. The number of hydrogen-bond donors (Lipinski definition) is 0. The summed E-state index contributed by atoms with van der Waals surface area (Å²) in [7, 11) is 0. The zero-order valence-corrected chi connectivity index (χ0v) is 16.6. The summed E-state index contributed by atoms with van der Waals surface area (Å²) in [6, 6.07) is 5.82. The summed E-state index contributed by atoms with van der Waals surface area (Å²) < 4.78 is 7.24. The fourth-order valence-electron chi connectivity index (χ4n) is 2.89. The summed E-state index contributed by atoms with van der Waals surface area (Å²) in [6.45, 7) is 6.47. The summed E-state index contributed by atoms with van der Waals surface area (Å²) in [5.74, 6) is -0.616. The SMILES string of the molecule is CCn1c(C)cc(C(=O)COC(=O)Cc2csc(-c3cccs3)n2)c1C. The lowest BCUT2D eigenvalue weighted by Gasteiger charge is -2.06. The first-order chi connectivity index (χ1) is 12.5. The Hall–Kier alpha value is -2.25. The van der Waals surface area contributed by atoms with E-state index >= 15 is 0 Å². The second kappa shape index (κ2) is 7.97. The van der Waals surface area contributed by atoms with Crippen molar-refractivity contribution in [3.05, 3.63) is 51.6 Å². The summed E-state index contributed by atoms with van der Waals surface area (Å²) in [5, 5.41) is 4.74. The number of thiazole rings is 1. The van der Waals surface area contributed by atoms with Crippen molar-refractivity contribution in [1.82, 2.24) is 9.55 Å². The Bertz CT molecular complexity index is 923. The Labute approximate surface area is 160 Å². The molecule has 0 saturated heterocycles. The van der Waals surface area contributed by atoms with Crippen LogP contribution in [-0.2, 0) is 22.5 Å². The molecule has 0 radical (unpaired) electrons. The van der Waals surface area contributed by atoms with E-state index in [1.165, 1.54) is 11.3 Å². The van der Waals surface area contributed by atoms with E-state index in [1.54, 1.807) is 11.3 Å². The zero-order chi connectivity index (χ0) is 18.7. The number of Topliss-reactive ketones (excluding diaryl/α,β-unsaturated/α-hetero) is 1. The van der Waals surface area contributed by atoms with E-state index in [9.17, 15) is 9.59 Å². The monoisotopic (exact) mass is 388 g/mol. The van der Waals surface area contributed by atoms with Crippen molar-refractivity contribution in [3.63, 3.8) is 0 Å². The molecule has 0 atom stereocenters. The number of nitrogens with zero attached hydrogens (tertiary/aromatic N) is 2. The first-order valence-corrected chi connectivity index (χ1v) is 10.1. The topological polar surface area (TPSA) is 61.2 Å². The maximum absolute atomic E-state index is 12.4. The number of thiophene rings is 1. The molecule has 0 unspecified atom stereocenters. The second-order valence-electron chi connectivity index (χ2n) is 5.91. The molecule has 0 spiro atoms. The Morgan fingerprint density at radius 3 is 2.73 bits per heavy atom. The fourth-order valence-corrected chi connectivity index (χ4v) is 4.53. The molecule has 0 aliphatic rings. The van der Waals surface area contributed by atoms with Crippen LogP contribution in [0.25, 0.3) is 9.88 Å². The number of esters is 1. The lowest BCUT2D eigenvalue weighted by molar-refractivity contribution is -0.141. The Kier molecular flexibility index (Phi) is 5.68. The molecule has 0 aliphatic carbocycles. The van der Waals surface area contributed by atoms with Gasteiger partial charge in [-0.25, -0.2) is 4.98 Å².